The van der Waals surface area contributed by atoms with E-state index in [1.165, 1.54) is 23.1 Å². The summed E-state index contributed by atoms with van der Waals surface area (Å²) in [7, 11) is 0. The highest BCUT2D eigenvalue weighted by Gasteiger charge is 2.31. The van der Waals surface area contributed by atoms with E-state index in [2.05, 4.69) is 48.5 Å². The summed E-state index contributed by atoms with van der Waals surface area (Å²) in [4.78, 5) is 12.2. The number of hydrogen-bond acceptors (Lipinski definition) is 2. The van der Waals surface area contributed by atoms with Gasteiger partial charge in [0, 0.05) is 0 Å². The summed E-state index contributed by atoms with van der Waals surface area (Å²) in [5, 5.41) is 0. The molecular formula is C23H28O2. The first kappa shape index (κ1) is 17.7. The number of carbonyl (C=O) groups is 1. The van der Waals surface area contributed by atoms with E-state index in [0.717, 1.165) is 32.1 Å². The Bertz CT molecular complexity index is 660. The van der Waals surface area contributed by atoms with Crippen LogP contribution in [-0.2, 0) is 16.0 Å². The largest absolute Gasteiger partial charge is 0.466 e. The van der Waals surface area contributed by atoms with Crippen molar-refractivity contribution in [2.45, 2.75) is 45.4 Å². The molecule has 2 nitrogen and oxygen atoms in total. The van der Waals surface area contributed by atoms with Crippen LogP contribution in [0.3, 0.4) is 0 Å². The maximum Gasteiger partial charge on any atom is 0.309 e. The van der Waals surface area contributed by atoms with Crippen LogP contribution in [0.4, 0.5) is 0 Å². The first-order valence-electron chi connectivity index (χ1n) is 9.59. The molecule has 2 aromatic rings. The molecule has 0 N–H and O–H groups in total. The van der Waals surface area contributed by atoms with Crippen LogP contribution in [0.15, 0.2) is 54.6 Å². The molecule has 3 rings (SSSR count). The molecule has 0 aliphatic heterocycles. The number of ether oxygens (including phenoxy) is 1. The van der Waals surface area contributed by atoms with E-state index in [1.807, 2.05) is 13.0 Å². The molecule has 0 radical (unpaired) electrons. The highest BCUT2D eigenvalue weighted by molar-refractivity contribution is 5.72. The van der Waals surface area contributed by atoms with Gasteiger partial charge in [-0.2, -0.15) is 0 Å². The Morgan fingerprint density at radius 2 is 1.64 bits per heavy atom. The SMILES string of the molecule is CCOC(=O)[C@@H]1CCCC[C@@H]1CCc1ccc(-c2ccccc2)cc1. The van der Waals surface area contributed by atoms with E-state index < -0.39 is 0 Å². The molecule has 1 fully saturated rings. The third kappa shape index (κ3) is 4.72. The molecule has 1 aliphatic carbocycles. The van der Waals surface area contributed by atoms with Crippen LogP contribution in [0.25, 0.3) is 11.1 Å². The zero-order valence-corrected chi connectivity index (χ0v) is 15.1. The van der Waals surface area contributed by atoms with Gasteiger partial charge < -0.3 is 4.74 Å². The maximum absolute atomic E-state index is 12.2. The average molecular weight is 336 g/mol. The van der Waals surface area contributed by atoms with Crippen molar-refractivity contribution < 1.29 is 9.53 Å². The van der Waals surface area contributed by atoms with Crippen molar-refractivity contribution in [1.82, 2.24) is 0 Å². The summed E-state index contributed by atoms with van der Waals surface area (Å²) in [6.07, 6.45) is 6.67. The van der Waals surface area contributed by atoms with E-state index in [-0.39, 0.29) is 11.9 Å². The molecule has 0 saturated heterocycles. The summed E-state index contributed by atoms with van der Waals surface area (Å²) in [5.74, 6) is 0.602. The summed E-state index contributed by atoms with van der Waals surface area (Å²) in [6, 6.07) is 19.3. The molecule has 2 atom stereocenters. The number of rotatable bonds is 6. The fourth-order valence-electron chi connectivity index (χ4n) is 3.96. The normalized spacial score (nSPS) is 20.2. The van der Waals surface area contributed by atoms with Gasteiger partial charge in [0.25, 0.3) is 0 Å². The third-order valence-corrected chi connectivity index (χ3v) is 5.36. The second kappa shape index (κ2) is 8.84. The molecule has 0 spiro atoms. The van der Waals surface area contributed by atoms with Crippen LogP contribution in [-0.4, -0.2) is 12.6 Å². The zero-order chi connectivity index (χ0) is 17.5. The molecule has 1 saturated carbocycles. The molecule has 25 heavy (non-hydrogen) atoms. The van der Waals surface area contributed by atoms with Crippen molar-refractivity contribution >= 4 is 5.97 Å². The van der Waals surface area contributed by atoms with Crippen molar-refractivity contribution in [3.05, 3.63) is 60.2 Å². The van der Waals surface area contributed by atoms with Gasteiger partial charge in [0.2, 0.25) is 0 Å². The summed E-state index contributed by atoms with van der Waals surface area (Å²) >= 11 is 0. The fraction of sp³-hybridized carbons (Fsp3) is 0.435. The zero-order valence-electron chi connectivity index (χ0n) is 15.1. The van der Waals surface area contributed by atoms with Crippen LogP contribution in [0.1, 0.15) is 44.6 Å². The highest BCUT2D eigenvalue weighted by atomic mass is 16.5. The first-order valence-corrected chi connectivity index (χ1v) is 9.59. The van der Waals surface area contributed by atoms with Crippen molar-refractivity contribution in [2.24, 2.45) is 11.8 Å². The van der Waals surface area contributed by atoms with Gasteiger partial charge in [0.1, 0.15) is 0 Å². The van der Waals surface area contributed by atoms with Gasteiger partial charge >= 0.3 is 5.97 Å². The van der Waals surface area contributed by atoms with Crippen LogP contribution in [0.5, 0.6) is 0 Å². The molecule has 0 unspecified atom stereocenters. The van der Waals surface area contributed by atoms with E-state index in [9.17, 15) is 4.79 Å². The number of hydrogen-bond donors (Lipinski definition) is 0. The third-order valence-electron chi connectivity index (χ3n) is 5.36. The van der Waals surface area contributed by atoms with E-state index in [1.54, 1.807) is 0 Å². The molecule has 132 valence electrons. The smallest absolute Gasteiger partial charge is 0.309 e. The minimum absolute atomic E-state index is 0.0200. The standard InChI is InChI=1S/C23H28O2/c1-2-25-23(24)22-11-7-6-10-21(22)17-14-18-12-15-20(16-13-18)19-8-4-3-5-9-19/h3-5,8-9,12-13,15-16,21-22H,2,6-7,10-11,14,17H2,1H3/t21-,22-/m1/s1. The predicted molar refractivity (Wildman–Crippen MR) is 102 cm³/mol. The summed E-state index contributed by atoms with van der Waals surface area (Å²) < 4.78 is 5.29. The quantitative estimate of drug-likeness (QED) is 0.637. The molecule has 0 bridgehead atoms. The molecule has 0 heterocycles. The second-order valence-electron chi connectivity index (χ2n) is 7.00. The Balaban J connectivity index is 1.59. The van der Waals surface area contributed by atoms with Crippen LogP contribution < -0.4 is 0 Å². The molecule has 1 aliphatic rings. The minimum Gasteiger partial charge on any atom is -0.466 e. The van der Waals surface area contributed by atoms with Crippen LogP contribution in [0.2, 0.25) is 0 Å². The summed E-state index contributed by atoms with van der Waals surface area (Å²) in [6.45, 7) is 2.38. The van der Waals surface area contributed by atoms with Gasteiger partial charge in [0.05, 0.1) is 12.5 Å². The summed E-state index contributed by atoms with van der Waals surface area (Å²) in [5.41, 5.74) is 3.86. The van der Waals surface area contributed by atoms with Crippen LogP contribution >= 0.6 is 0 Å². The number of aryl methyl sites for hydroxylation is 1. The molecule has 2 aromatic carbocycles. The Hall–Kier alpha value is -2.09. The van der Waals surface area contributed by atoms with Crippen molar-refractivity contribution in [3.8, 4) is 11.1 Å². The Kier molecular flexibility index (Phi) is 6.27. The number of carbonyl (C=O) groups excluding carboxylic acids is 1. The van der Waals surface area contributed by atoms with Gasteiger partial charge in [-0.15, -0.1) is 0 Å². The predicted octanol–water partition coefficient (Wildman–Crippen LogP) is 5.66. The van der Waals surface area contributed by atoms with Crippen molar-refractivity contribution in [3.63, 3.8) is 0 Å². The number of esters is 1. The Morgan fingerprint density at radius 3 is 2.36 bits per heavy atom. The molecule has 2 heteroatoms. The van der Waals surface area contributed by atoms with Crippen molar-refractivity contribution in [1.29, 1.82) is 0 Å². The number of benzene rings is 2. The van der Waals surface area contributed by atoms with Gasteiger partial charge in [-0.3, -0.25) is 4.79 Å². The van der Waals surface area contributed by atoms with Gasteiger partial charge in [0.15, 0.2) is 0 Å². The van der Waals surface area contributed by atoms with E-state index >= 15 is 0 Å². The van der Waals surface area contributed by atoms with E-state index in [0.29, 0.717) is 12.5 Å². The van der Waals surface area contributed by atoms with Gasteiger partial charge in [-0.25, -0.2) is 0 Å². The molecule has 0 amide bonds. The van der Waals surface area contributed by atoms with Gasteiger partial charge in [-0.05, 0) is 55.2 Å². The Morgan fingerprint density at radius 1 is 0.960 bits per heavy atom. The monoisotopic (exact) mass is 336 g/mol. The topological polar surface area (TPSA) is 26.3 Å². The van der Waals surface area contributed by atoms with Crippen molar-refractivity contribution in [2.75, 3.05) is 6.61 Å². The fourth-order valence-corrected chi connectivity index (χ4v) is 3.96. The van der Waals surface area contributed by atoms with Gasteiger partial charge in [-0.1, -0.05) is 67.4 Å². The lowest BCUT2D eigenvalue weighted by molar-refractivity contribution is -0.151. The van der Waals surface area contributed by atoms with Crippen LogP contribution in [0, 0.1) is 11.8 Å². The lowest BCUT2D eigenvalue weighted by Crippen LogP contribution is -2.29. The Labute approximate surface area is 151 Å². The lowest BCUT2D eigenvalue weighted by atomic mass is 9.76. The lowest BCUT2D eigenvalue weighted by Gasteiger charge is -2.29. The molecule has 0 aromatic heterocycles. The average Bonchev–Trinajstić information content (AvgIpc) is 2.68. The molecular weight excluding hydrogens is 308 g/mol. The maximum atomic E-state index is 12.2. The second-order valence-corrected chi connectivity index (χ2v) is 7.00. The van der Waals surface area contributed by atoms with E-state index in [4.69, 9.17) is 4.74 Å². The first-order chi connectivity index (χ1) is 12.3. The minimum atomic E-state index is 0.0200. The highest BCUT2D eigenvalue weighted by Crippen LogP contribution is 2.34.